The number of carboxylic acid groups (broad SMARTS) is 1. The van der Waals surface area contributed by atoms with Crippen LogP contribution in [0.4, 0.5) is 0 Å². The van der Waals surface area contributed by atoms with Crippen LogP contribution < -0.4 is 5.19 Å². The highest BCUT2D eigenvalue weighted by Crippen LogP contribution is 2.00. The zero-order valence-electron chi connectivity index (χ0n) is 8.24. The summed E-state index contributed by atoms with van der Waals surface area (Å²) in [5.74, 6) is 1.16. The third kappa shape index (κ3) is 2.75. The Hall–Kier alpha value is -1.53. The molecular formula is C11H12O2Si. The number of carbonyl (C=O) groups is 1. The van der Waals surface area contributed by atoms with Crippen LogP contribution in [0, 0.1) is 11.5 Å². The van der Waals surface area contributed by atoms with Gasteiger partial charge in [-0.05, 0) is 5.19 Å². The van der Waals surface area contributed by atoms with E-state index in [1.165, 1.54) is 0 Å². The van der Waals surface area contributed by atoms with E-state index in [1.54, 1.807) is 0 Å². The largest absolute Gasteiger partial charge is 0.472 e. The van der Waals surface area contributed by atoms with Crippen molar-refractivity contribution < 1.29 is 9.90 Å². The van der Waals surface area contributed by atoms with Crippen molar-refractivity contribution in [3.63, 3.8) is 0 Å². The number of benzene rings is 1. The fourth-order valence-electron chi connectivity index (χ4n) is 1.14. The number of hydrogen-bond donors (Lipinski definition) is 1. The molecule has 0 fully saturated rings. The molecule has 0 aromatic heterocycles. The average molecular weight is 204 g/mol. The van der Waals surface area contributed by atoms with Crippen LogP contribution in [0.1, 0.15) is 0 Å². The molecule has 0 aliphatic rings. The van der Waals surface area contributed by atoms with Gasteiger partial charge in [-0.3, -0.25) is 0 Å². The summed E-state index contributed by atoms with van der Waals surface area (Å²) in [6.07, 6.45) is 0. The van der Waals surface area contributed by atoms with Crippen LogP contribution in [0.25, 0.3) is 0 Å². The van der Waals surface area contributed by atoms with Crippen LogP contribution in [0.3, 0.4) is 0 Å². The van der Waals surface area contributed by atoms with Crippen LogP contribution >= 0.6 is 0 Å². The third-order valence-electron chi connectivity index (χ3n) is 1.98. The van der Waals surface area contributed by atoms with Gasteiger partial charge in [-0.15, -0.1) is 5.54 Å². The Kier molecular flexibility index (Phi) is 3.10. The minimum Gasteiger partial charge on any atom is -0.472 e. The van der Waals surface area contributed by atoms with Gasteiger partial charge in [-0.25, -0.2) is 4.79 Å². The van der Waals surface area contributed by atoms with Crippen molar-refractivity contribution in [1.29, 1.82) is 0 Å². The minimum absolute atomic E-state index is 1.05. The Morgan fingerprint density at radius 3 is 2.36 bits per heavy atom. The van der Waals surface area contributed by atoms with E-state index >= 15 is 0 Å². The van der Waals surface area contributed by atoms with E-state index < -0.39 is 14.0 Å². The summed E-state index contributed by atoms with van der Waals surface area (Å²) in [6, 6.07) is 9.85. The summed E-state index contributed by atoms with van der Waals surface area (Å²) < 4.78 is 0. The van der Waals surface area contributed by atoms with Crippen LogP contribution in [0.5, 0.6) is 0 Å². The lowest BCUT2D eigenvalue weighted by molar-refractivity contribution is -0.130. The van der Waals surface area contributed by atoms with E-state index in [0.29, 0.717) is 0 Å². The van der Waals surface area contributed by atoms with Crippen molar-refractivity contribution in [2.45, 2.75) is 13.1 Å². The van der Waals surface area contributed by atoms with Gasteiger partial charge in [0, 0.05) is 5.92 Å². The molecule has 0 aliphatic heterocycles. The molecule has 1 aromatic carbocycles. The van der Waals surface area contributed by atoms with Crippen molar-refractivity contribution in [2.75, 3.05) is 0 Å². The molecule has 1 rings (SSSR count). The molecule has 1 N–H and O–H groups in total. The summed E-state index contributed by atoms with van der Waals surface area (Å²) in [6.45, 7) is 4.08. The number of carboxylic acids is 1. The standard InChI is InChI=1S/C11H12O2Si/c1-14(2,9-8-11(12)13)10-6-4-3-5-7-10/h3-7H,1-2H3,(H,12,13). The molecular weight excluding hydrogens is 192 g/mol. The van der Waals surface area contributed by atoms with Crippen molar-refractivity contribution in [3.05, 3.63) is 30.3 Å². The molecule has 0 heterocycles. The Bertz CT molecular complexity index is 385. The SMILES string of the molecule is C[Si](C)(C#CC(=O)O)c1ccccc1. The van der Waals surface area contributed by atoms with Gasteiger partial charge in [0.15, 0.2) is 8.07 Å². The molecule has 0 saturated carbocycles. The smallest absolute Gasteiger partial charge is 0.381 e. The highest BCUT2D eigenvalue weighted by atomic mass is 28.3. The van der Waals surface area contributed by atoms with Gasteiger partial charge in [0.2, 0.25) is 0 Å². The second-order valence-corrected chi connectivity index (χ2v) is 7.62. The van der Waals surface area contributed by atoms with Crippen LogP contribution in [0.2, 0.25) is 13.1 Å². The zero-order valence-corrected chi connectivity index (χ0v) is 9.24. The molecule has 0 radical (unpaired) electrons. The first-order valence-corrected chi connectivity index (χ1v) is 7.34. The van der Waals surface area contributed by atoms with Crippen LogP contribution in [-0.2, 0) is 4.79 Å². The van der Waals surface area contributed by atoms with Gasteiger partial charge in [0.1, 0.15) is 0 Å². The van der Waals surface area contributed by atoms with E-state index in [0.717, 1.165) is 5.19 Å². The van der Waals surface area contributed by atoms with Gasteiger partial charge in [-0.1, -0.05) is 43.4 Å². The minimum atomic E-state index is -1.88. The van der Waals surface area contributed by atoms with E-state index in [9.17, 15) is 4.79 Å². The van der Waals surface area contributed by atoms with Crippen LogP contribution in [0.15, 0.2) is 30.3 Å². The molecule has 2 nitrogen and oxygen atoms in total. The molecule has 0 spiro atoms. The van der Waals surface area contributed by atoms with Gasteiger partial charge in [-0.2, -0.15) is 0 Å². The fraction of sp³-hybridized carbons (Fsp3) is 0.182. The summed E-state index contributed by atoms with van der Waals surface area (Å²) in [5.41, 5.74) is 2.86. The van der Waals surface area contributed by atoms with E-state index in [2.05, 4.69) is 11.5 Å². The van der Waals surface area contributed by atoms with E-state index in [1.807, 2.05) is 43.4 Å². The Morgan fingerprint density at radius 1 is 1.29 bits per heavy atom. The highest BCUT2D eigenvalue weighted by Gasteiger charge is 2.20. The number of hydrogen-bond acceptors (Lipinski definition) is 1. The summed E-state index contributed by atoms with van der Waals surface area (Å²) >= 11 is 0. The number of aliphatic carboxylic acids is 1. The summed E-state index contributed by atoms with van der Waals surface area (Å²) in [5, 5.41) is 9.63. The summed E-state index contributed by atoms with van der Waals surface area (Å²) in [4.78, 5) is 10.3. The van der Waals surface area contributed by atoms with Crippen molar-refractivity contribution >= 4 is 19.2 Å². The lowest BCUT2D eigenvalue weighted by atomic mass is 10.4. The molecule has 0 atom stereocenters. The molecule has 1 aromatic rings. The first kappa shape index (κ1) is 10.5. The second kappa shape index (κ2) is 4.12. The summed E-state index contributed by atoms with van der Waals surface area (Å²) in [7, 11) is -1.88. The number of rotatable bonds is 1. The lowest BCUT2D eigenvalue weighted by Gasteiger charge is -2.14. The first-order chi connectivity index (χ1) is 6.52. The Labute approximate surface area is 84.6 Å². The maximum atomic E-state index is 10.3. The third-order valence-corrected chi connectivity index (χ3v) is 4.50. The quantitative estimate of drug-likeness (QED) is 0.552. The fourth-order valence-corrected chi connectivity index (χ4v) is 2.73. The van der Waals surface area contributed by atoms with Gasteiger partial charge < -0.3 is 5.11 Å². The van der Waals surface area contributed by atoms with Crippen molar-refractivity contribution in [2.24, 2.45) is 0 Å². The normalized spacial score (nSPS) is 10.1. The van der Waals surface area contributed by atoms with Crippen molar-refractivity contribution in [1.82, 2.24) is 0 Å². The molecule has 14 heavy (non-hydrogen) atoms. The Balaban J connectivity index is 2.99. The predicted octanol–water partition coefficient (Wildman–Crippen LogP) is 1.23. The maximum Gasteiger partial charge on any atom is 0.381 e. The molecule has 0 saturated heterocycles. The van der Waals surface area contributed by atoms with E-state index in [4.69, 9.17) is 5.11 Å². The molecule has 0 amide bonds. The van der Waals surface area contributed by atoms with Crippen LogP contribution in [-0.4, -0.2) is 19.1 Å². The molecule has 72 valence electrons. The highest BCUT2D eigenvalue weighted by molar-refractivity contribution is 6.96. The average Bonchev–Trinajstić information content (AvgIpc) is 2.16. The zero-order chi connectivity index (χ0) is 10.6. The molecule has 0 unspecified atom stereocenters. The van der Waals surface area contributed by atoms with E-state index in [-0.39, 0.29) is 0 Å². The second-order valence-electron chi connectivity index (χ2n) is 3.55. The maximum absolute atomic E-state index is 10.3. The molecule has 3 heteroatoms. The lowest BCUT2D eigenvalue weighted by Crippen LogP contribution is -2.40. The monoisotopic (exact) mass is 204 g/mol. The van der Waals surface area contributed by atoms with Crippen molar-refractivity contribution in [3.8, 4) is 11.5 Å². The Morgan fingerprint density at radius 2 is 1.86 bits per heavy atom. The van der Waals surface area contributed by atoms with Gasteiger partial charge in [0.05, 0.1) is 0 Å². The molecule has 0 aliphatic carbocycles. The molecule has 0 bridgehead atoms. The topological polar surface area (TPSA) is 37.3 Å². The van der Waals surface area contributed by atoms with Gasteiger partial charge >= 0.3 is 5.97 Å². The first-order valence-electron chi connectivity index (χ1n) is 4.34. The predicted molar refractivity (Wildman–Crippen MR) is 59.0 cm³/mol. The van der Waals surface area contributed by atoms with Gasteiger partial charge in [0.25, 0.3) is 0 Å².